The molecule has 0 fully saturated rings. The minimum Gasteiger partial charge on any atom is -0.497 e. The van der Waals surface area contributed by atoms with Gasteiger partial charge in [-0.2, -0.15) is 0 Å². The van der Waals surface area contributed by atoms with E-state index >= 15 is 0 Å². The Balaban J connectivity index is 1.40. The topological polar surface area (TPSA) is 69.5 Å². The van der Waals surface area contributed by atoms with E-state index in [-0.39, 0.29) is 17.7 Å². The molecule has 1 aromatic heterocycles. The SMILES string of the molecule is COc1cccc(-n2cnnc2SCC(=O)N2c3ccccc3OC[C@@H]2c2ccccc2)c1. The molecule has 166 valence electrons. The van der Waals surface area contributed by atoms with Crippen molar-refractivity contribution in [1.29, 1.82) is 0 Å². The summed E-state index contributed by atoms with van der Waals surface area (Å²) in [4.78, 5) is 15.4. The van der Waals surface area contributed by atoms with E-state index in [4.69, 9.17) is 9.47 Å². The summed E-state index contributed by atoms with van der Waals surface area (Å²) in [5.41, 5.74) is 2.68. The Morgan fingerprint density at radius 3 is 2.76 bits per heavy atom. The van der Waals surface area contributed by atoms with Crippen LogP contribution in [0, 0.1) is 0 Å². The van der Waals surface area contributed by atoms with Gasteiger partial charge in [-0.1, -0.05) is 60.3 Å². The van der Waals surface area contributed by atoms with Crippen molar-refractivity contribution in [1.82, 2.24) is 14.8 Å². The molecular formula is C25H22N4O3S. The zero-order valence-corrected chi connectivity index (χ0v) is 18.8. The van der Waals surface area contributed by atoms with Gasteiger partial charge < -0.3 is 9.47 Å². The molecule has 3 aromatic carbocycles. The third-order valence-corrected chi connectivity index (χ3v) is 6.39. The number of nitrogens with zero attached hydrogens (tertiary/aromatic N) is 4. The highest BCUT2D eigenvalue weighted by Crippen LogP contribution is 2.39. The summed E-state index contributed by atoms with van der Waals surface area (Å²) in [6, 6.07) is 25.0. The van der Waals surface area contributed by atoms with Gasteiger partial charge >= 0.3 is 0 Å². The van der Waals surface area contributed by atoms with Crippen LogP contribution in [0.3, 0.4) is 0 Å². The van der Waals surface area contributed by atoms with Gasteiger partial charge in [-0.15, -0.1) is 10.2 Å². The van der Waals surface area contributed by atoms with Gasteiger partial charge in [0.15, 0.2) is 5.16 Å². The van der Waals surface area contributed by atoms with Crippen molar-refractivity contribution in [3.8, 4) is 17.2 Å². The van der Waals surface area contributed by atoms with Crippen molar-refractivity contribution in [2.45, 2.75) is 11.2 Å². The number of rotatable bonds is 6. The number of para-hydroxylation sites is 2. The highest BCUT2D eigenvalue weighted by Gasteiger charge is 2.33. The zero-order valence-electron chi connectivity index (χ0n) is 18.0. The molecule has 0 spiro atoms. The largest absolute Gasteiger partial charge is 0.497 e. The molecule has 1 atom stereocenters. The number of aromatic nitrogens is 3. The van der Waals surface area contributed by atoms with Crippen LogP contribution in [0.4, 0.5) is 5.69 Å². The minimum atomic E-state index is -0.203. The van der Waals surface area contributed by atoms with Crippen LogP contribution in [-0.2, 0) is 4.79 Å². The molecule has 1 aliphatic heterocycles. The van der Waals surface area contributed by atoms with Gasteiger partial charge in [0, 0.05) is 6.07 Å². The van der Waals surface area contributed by atoms with Crippen LogP contribution in [0.15, 0.2) is 90.3 Å². The van der Waals surface area contributed by atoms with Crippen molar-refractivity contribution >= 4 is 23.4 Å². The predicted octanol–water partition coefficient (Wildman–Crippen LogP) is 4.53. The number of methoxy groups -OCH3 is 1. The van der Waals surface area contributed by atoms with Crippen molar-refractivity contribution in [2.75, 3.05) is 24.4 Å². The Morgan fingerprint density at radius 1 is 1.09 bits per heavy atom. The van der Waals surface area contributed by atoms with E-state index in [1.807, 2.05) is 88.3 Å². The predicted molar refractivity (Wildman–Crippen MR) is 127 cm³/mol. The van der Waals surface area contributed by atoms with Gasteiger partial charge in [0.1, 0.15) is 24.4 Å². The average molecular weight is 459 g/mol. The Hall–Kier alpha value is -3.78. The van der Waals surface area contributed by atoms with E-state index < -0.39 is 0 Å². The first kappa shape index (κ1) is 21.1. The Morgan fingerprint density at radius 2 is 1.91 bits per heavy atom. The maximum absolute atomic E-state index is 13.6. The molecule has 0 saturated heterocycles. The average Bonchev–Trinajstić information content (AvgIpc) is 3.36. The zero-order chi connectivity index (χ0) is 22.6. The van der Waals surface area contributed by atoms with E-state index in [1.165, 1.54) is 11.8 Å². The van der Waals surface area contributed by atoms with Crippen LogP contribution in [0.25, 0.3) is 5.69 Å². The standard InChI is InChI=1S/C25H22N4O3S/c1-31-20-11-7-10-19(14-20)28-17-26-27-25(28)33-16-24(30)29-21-12-5-6-13-23(21)32-15-22(29)18-8-3-2-4-9-18/h2-14,17,22H,15-16H2,1H3/t22-/m1/s1. The Bertz CT molecular complexity index is 1260. The molecule has 0 aliphatic carbocycles. The quantitative estimate of drug-likeness (QED) is 0.395. The monoisotopic (exact) mass is 458 g/mol. The van der Waals surface area contributed by atoms with Gasteiger partial charge in [0.25, 0.3) is 0 Å². The summed E-state index contributed by atoms with van der Waals surface area (Å²) in [5.74, 6) is 1.64. The molecule has 0 N–H and O–H groups in total. The third kappa shape index (κ3) is 4.29. The molecule has 0 unspecified atom stereocenters. The van der Waals surface area contributed by atoms with Crippen LogP contribution in [0.2, 0.25) is 0 Å². The lowest BCUT2D eigenvalue weighted by atomic mass is 10.0. The lowest BCUT2D eigenvalue weighted by molar-refractivity contribution is -0.117. The molecular weight excluding hydrogens is 436 g/mol. The molecule has 1 amide bonds. The fraction of sp³-hybridized carbons (Fsp3) is 0.160. The fourth-order valence-electron chi connectivity index (χ4n) is 3.87. The molecule has 1 aliphatic rings. The first-order valence-corrected chi connectivity index (χ1v) is 11.5. The summed E-state index contributed by atoms with van der Waals surface area (Å²) >= 11 is 1.35. The molecule has 8 heteroatoms. The van der Waals surface area contributed by atoms with E-state index in [0.717, 1.165) is 22.7 Å². The number of carbonyl (C=O) groups excluding carboxylic acids is 1. The number of benzene rings is 3. The Kier molecular flexibility index (Phi) is 5.99. The molecule has 5 rings (SSSR count). The van der Waals surface area contributed by atoms with Crippen molar-refractivity contribution in [3.63, 3.8) is 0 Å². The number of thioether (sulfide) groups is 1. The minimum absolute atomic E-state index is 0.0233. The van der Waals surface area contributed by atoms with Crippen molar-refractivity contribution < 1.29 is 14.3 Å². The molecule has 33 heavy (non-hydrogen) atoms. The fourth-order valence-corrected chi connectivity index (χ4v) is 4.66. The van der Waals surface area contributed by atoms with Gasteiger partial charge in [0.05, 0.1) is 30.3 Å². The van der Waals surface area contributed by atoms with Gasteiger partial charge in [0.2, 0.25) is 5.91 Å². The number of hydrogen-bond donors (Lipinski definition) is 0. The number of fused-ring (bicyclic) bond motifs is 1. The second-order valence-electron chi connectivity index (χ2n) is 7.44. The lowest BCUT2D eigenvalue weighted by Gasteiger charge is -2.37. The lowest BCUT2D eigenvalue weighted by Crippen LogP contribution is -2.42. The van der Waals surface area contributed by atoms with Gasteiger partial charge in [-0.05, 0) is 29.8 Å². The normalized spacial score (nSPS) is 14.9. The second kappa shape index (κ2) is 9.38. The van der Waals surface area contributed by atoms with Crippen LogP contribution in [0.1, 0.15) is 11.6 Å². The number of carbonyl (C=O) groups is 1. The van der Waals surface area contributed by atoms with E-state index in [2.05, 4.69) is 10.2 Å². The highest BCUT2D eigenvalue weighted by atomic mass is 32.2. The number of hydrogen-bond acceptors (Lipinski definition) is 6. The van der Waals surface area contributed by atoms with Crippen molar-refractivity contribution in [3.05, 3.63) is 90.8 Å². The molecule has 4 aromatic rings. The number of ether oxygens (including phenoxy) is 2. The smallest absolute Gasteiger partial charge is 0.238 e. The van der Waals surface area contributed by atoms with E-state index in [9.17, 15) is 4.79 Å². The van der Waals surface area contributed by atoms with Crippen LogP contribution < -0.4 is 14.4 Å². The molecule has 0 saturated carbocycles. The van der Waals surface area contributed by atoms with Crippen LogP contribution in [-0.4, -0.2) is 40.1 Å². The molecule has 0 bridgehead atoms. The summed E-state index contributed by atoms with van der Waals surface area (Å²) < 4.78 is 13.2. The number of anilines is 1. The molecule has 0 radical (unpaired) electrons. The molecule has 7 nitrogen and oxygen atoms in total. The van der Waals surface area contributed by atoms with Gasteiger partial charge in [-0.3, -0.25) is 14.3 Å². The highest BCUT2D eigenvalue weighted by molar-refractivity contribution is 7.99. The van der Waals surface area contributed by atoms with E-state index in [0.29, 0.717) is 17.5 Å². The summed E-state index contributed by atoms with van der Waals surface area (Å²) in [6.45, 7) is 0.400. The molecule has 2 heterocycles. The van der Waals surface area contributed by atoms with Crippen LogP contribution in [0.5, 0.6) is 11.5 Å². The maximum Gasteiger partial charge on any atom is 0.238 e. The van der Waals surface area contributed by atoms with E-state index in [1.54, 1.807) is 13.4 Å². The maximum atomic E-state index is 13.6. The summed E-state index contributed by atoms with van der Waals surface area (Å²) in [6.07, 6.45) is 1.64. The summed E-state index contributed by atoms with van der Waals surface area (Å²) in [7, 11) is 1.63. The third-order valence-electron chi connectivity index (χ3n) is 5.46. The summed E-state index contributed by atoms with van der Waals surface area (Å²) in [5, 5.41) is 8.91. The van der Waals surface area contributed by atoms with Gasteiger partial charge in [-0.25, -0.2) is 0 Å². The second-order valence-corrected chi connectivity index (χ2v) is 8.39. The van der Waals surface area contributed by atoms with Crippen molar-refractivity contribution in [2.24, 2.45) is 0 Å². The first-order valence-electron chi connectivity index (χ1n) is 10.5. The number of amides is 1. The Labute approximate surface area is 196 Å². The van der Waals surface area contributed by atoms with Crippen LogP contribution >= 0.6 is 11.8 Å². The first-order chi connectivity index (χ1) is 16.2.